The molecule has 1 saturated heterocycles. The fraction of sp³-hybridized carbons (Fsp3) is 0.500. The largest absolute Gasteiger partial charge is 0.348 e. The molecule has 2 atom stereocenters. The fourth-order valence-corrected chi connectivity index (χ4v) is 3.73. The molecule has 1 aromatic rings. The van der Waals surface area contributed by atoms with Crippen LogP contribution in [0.1, 0.15) is 30.1 Å². The summed E-state index contributed by atoms with van der Waals surface area (Å²) >= 11 is 1.64. The highest BCUT2D eigenvalue weighted by molar-refractivity contribution is 7.99. The number of anilines is 1. The fourth-order valence-electron chi connectivity index (χ4n) is 2.80. The smallest absolute Gasteiger partial charge is 0.251 e. The lowest BCUT2D eigenvalue weighted by Gasteiger charge is -2.30. The van der Waals surface area contributed by atoms with Crippen molar-refractivity contribution in [1.29, 1.82) is 0 Å². The van der Waals surface area contributed by atoms with E-state index in [1.54, 1.807) is 17.8 Å². The number of carbonyl (C=O) groups is 2. The van der Waals surface area contributed by atoms with E-state index >= 15 is 0 Å². The summed E-state index contributed by atoms with van der Waals surface area (Å²) in [6.07, 6.45) is 1.58. The lowest BCUT2D eigenvalue weighted by atomic mass is 9.94. The topological polar surface area (TPSA) is 70.2 Å². The van der Waals surface area contributed by atoms with Crippen LogP contribution in [0.4, 0.5) is 5.69 Å². The van der Waals surface area contributed by atoms with Gasteiger partial charge in [0.2, 0.25) is 5.91 Å². The zero-order valence-electron chi connectivity index (χ0n) is 12.6. The molecule has 2 heterocycles. The number of hydrogen-bond acceptors (Lipinski definition) is 4. The van der Waals surface area contributed by atoms with E-state index in [9.17, 15) is 9.59 Å². The molecule has 118 valence electrons. The van der Waals surface area contributed by atoms with Gasteiger partial charge in [-0.05, 0) is 37.1 Å². The summed E-state index contributed by atoms with van der Waals surface area (Å²) in [5.74, 6) is 1.18. The van der Waals surface area contributed by atoms with Gasteiger partial charge in [0.15, 0.2) is 0 Å². The normalized spacial score (nSPS) is 24.9. The molecular weight excluding hydrogens is 298 g/mol. The number of hydrogen-bond donors (Lipinski definition) is 3. The molecule has 2 amide bonds. The minimum Gasteiger partial charge on any atom is -0.348 e. The van der Waals surface area contributed by atoms with Gasteiger partial charge in [0.25, 0.3) is 5.91 Å². The summed E-state index contributed by atoms with van der Waals surface area (Å²) in [6.45, 7) is 3.99. The van der Waals surface area contributed by atoms with Gasteiger partial charge in [-0.25, -0.2) is 0 Å². The summed E-state index contributed by atoms with van der Waals surface area (Å²) in [5, 5.41) is 9.29. The van der Waals surface area contributed by atoms with Crippen molar-refractivity contribution >= 4 is 29.3 Å². The quantitative estimate of drug-likeness (QED) is 0.778. The summed E-state index contributed by atoms with van der Waals surface area (Å²) in [7, 11) is 0. The molecule has 2 aliphatic rings. The first-order chi connectivity index (χ1) is 10.6. The monoisotopic (exact) mass is 319 g/mol. The van der Waals surface area contributed by atoms with E-state index in [2.05, 4.69) is 22.9 Å². The van der Waals surface area contributed by atoms with E-state index in [4.69, 9.17) is 0 Å². The van der Waals surface area contributed by atoms with Gasteiger partial charge in [-0.1, -0.05) is 6.92 Å². The summed E-state index contributed by atoms with van der Waals surface area (Å²) < 4.78 is 0. The Hall–Kier alpha value is -1.53. The highest BCUT2D eigenvalue weighted by Gasteiger charge is 2.23. The molecule has 5 nitrogen and oxygen atoms in total. The van der Waals surface area contributed by atoms with E-state index in [-0.39, 0.29) is 17.9 Å². The van der Waals surface area contributed by atoms with Crippen molar-refractivity contribution in [3.05, 3.63) is 23.8 Å². The first kappa shape index (κ1) is 15.4. The molecule has 1 fully saturated rings. The van der Waals surface area contributed by atoms with E-state index in [1.165, 1.54) is 0 Å². The van der Waals surface area contributed by atoms with Gasteiger partial charge < -0.3 is 16.0 Å². The zero-order valence-corrected chi connectivity index (χ0v) is 13.5. The van der Waals surface area contributed by atoms with E-state index in [1.807, 2.05) is 12.1 Å². The average molecular weight is 319 g/mol. The first-order valence-electron chi connectivity index (χ1n) is 7.72. The molecule has 0 radical (unpaired) electrons. The summed E-state index contributed by atoms with van der Waals surface area (Å²) in [6, 6.07) is 5.69. The third-order valence-corrected chi connectivity index (χ3v) is 5.32. The van der Waals surface area contributed by atoms with Crippen molar-refractivity contribution in [2.75, 3.05) is 24.2 Å². The number of thioether (sulfide) groups is 1. The van der Waals surface area contributed by atoms with Crippen molar-refractivity contribution in [2.45, 2.75) is 30.7 Å². The van der Waals surface area contributed by atoms with Crippen LogP contribution in [0.25, 0.3) is 0 Å². The van der Waals surface area contributed by atoms with Crippen LogP contribution in [0.5, 0.6) is 0 Å². The maximum atomic E-state index is 12.5. The SMILES string of the molecule is CC1CCNCC1NC(=O)c1ccc2c(c1)NC(=O)CCS2. The van der Waals surface area contributed by atoms with Gasteiger partial charge >= 0.3 is 0 Å². The second-order valence-corrected chi connectivity index (χ2v) is 7.04. The highest BCUT2D eigenvalue weighted by Crippen LogP contribution is 2.31. The van der Waals surface area contributed by atoms with Gasteiger partial charge in [0.1, 0.15) is 0 Å². The Morgan fingerprint density at radius 3 is 3.09 bits per heavy atom. The molecule has 0 spiro atoms. The van der Waals surface area contributed by atoms with Crippen molar-refractivity contribution in [3.8, 4) is 0 Å². The zero-order chi connectivity index (χ0) is 15.5. The Labute approximate surface area is 134 Å². The molecule has 3 N–H and O–H groups in total. The molecule has 0 bridgehead atoms. The minimum absolute atomic E-state index is 0.00825. The van der Waals surface area contributed by atoms with Gasteiger partial charge in [0, 0.05) is 35.2 Å². The molecule has 2 aliphatic heterocycles. The maximum Gasteiger partial charge on any atom is 0.251 e. The molecule has 22 heavy (non-hydrogen) atoms. The third-order valence-electron chi connectivity index (χ3n) is 4.25. The van der Waals surface area contributed by atoms with Crippen LogP contribution in [-0.2, 0) is 4.79 Å². The van der Waals surface area contributed by atoms with Crippen molar-refractivity contribution < 1.29 is 9.59 Å². The van der Waals surface area contributed by atoms with E-state index in [0.717, 1.165) is 35.8 Å². The maximum absolute atomic E-state index is 12.5. The molecule has 6 heteroatoms. The predicted molar refractivity (Wildman–Crippen MR) is 88.3 cm³/mol. The van der Waals surface area contributed by atoms with Gasteiger partial charge in [-0.3, -0.25) is 9.59 Å². The van der Waals surface area contributed by atoms with Gasteiger partial charge in [-0.2, -0.15) is 0 Å². The second kappa shape index (κ2) is 6.71. The average Bonchev–Trinajstić information content (AvgIpc) is 2.69. The molecule has 3 rings (SSSR count). The van der Waals surface area contributed by atoms with Crippen LogP contribution in [0.3, 0.4) is 0 Å². The molecular formula is C16H21N3O2S. The molecule has 0 aliphatic carbocycles. The molecule has 1 aromatic carbocycles. The number of rotatable bonds is 2. The van der Waals surface area contributed by atoms with Crippen LogP contribution in [0.2, 0.25) is 0 Å². The molecule has 0 saturated carbocycles. The van der Waals surface area contributed by atoms with Crippen LogP contribution >= 0.6 is 11.8 Å². The lowest BCUT2D eigenvalue weighted by molar-refractivity contribution is -0.115. The number of benzene rings is 1. The lowest BCUT2D eigenvalue weighted by Crippen LogP contribution is -2.50. The number of nitrogens with one attached hydrogen (secondary N) is 3. The molecule has 0 aromatic heterocycles. The Morgan fingerprint density at radius 2 is 2.27 bits per heavy atom. The number of piperidine rings is 1. The van der Waals surface area contributed by atoms with Crippen molar-refractivity contribution in [2.24, 2.45) is 5.92 Å². The number of fused-ring (bicyclic) bond motifs is 1. The number of amides is 2. The first-order valence-corrected chi connectivity index (χ1v) is 8.70. The Balaban J connectivity index is 1.74. The molecule has 2 unspecified atom stereocenters. The van der Waals surface area contributed by atoms with E-state index in [0.29, 0.717) is 17.9 Å². The Kier molecular flexibility index (Phi) is 4.69. The number of carbonyl (C=O) groups excluding carboxylic acids is 2. The summed E-state index contributed by atoms with van der Waals surface area (Å²) in [5.41, 5.74) is 1.34. The van der Waals surface area contributed by atoms with Gasteiger partial charge in [0.05, 0.1) is 5.69 Å². The van der Waals surface area contributed by atoms with Crippen molar-refractivity contribution in [3.63, 3.8) is 0 Å². The summed E-state index contributed by atoms with van der Waals surface area (Å²) in [4.78, 5) is 25.1. The van der Waals surface area contributed by atoms with Crippen molar-refractivity contribution in [1.82, 2.24) is 10.6 Å². The van der Waals surface area contributed by atoms with Gasteiger partial charge in [-0.15, -0.1) is 11.8 Å². The van der Waals surface area contributed by atoms with Crippen LogP contribution in [0.15, 0.2) is 23.1 Å². The highest BCUT2D eigenvalue weighted by atomic mass is 32.2. The standard InChI is InChI=1S/C16H21N3O2S/c1-10-4-6-17-9-13(10)19-16(21)11-2-3-14-12(8-11)18-15(20)5-7-22-14/h2-3,8,10,13,17H,4-7,9H2,1H3,(H,18,20)(H,19,21). The Bertz CT molecular complexity index is 591. The third kappa shape index (κ3) is 3.44. The van der Waals surface area contributed by atoms with Crippen LogP contribution < -0.4 is 16.0 Å². The van der Waals surface area contributed by atoms with Crippen LogP contribution in [0, 0.1) is 5.92 Å². The van der Waals surface area contributed by atoms with Crippen LogP contribution in [-0.4, -0.2) is 36.7 Å². The predicted octanol–water partition coefficient (Wildman–Crippen LogP) is 1.85. The van der Waals surface area contributed by atoms with E-state index < -0.39 is 0 Å². The minimum atomic E-state index is -0.0770. The second-order valence-electron chi connectivity index (χ2n) is 5.91. The Morgan fingerprint density at radius 1 is 1.41 bits per heavy atom.